The largest absolute Gasteiger partial charge is 0.383 e. The zero-order valence-electron chi connectivity index (χ0n) is 11.1. The zero-order chi connectivity index (χ0) is 12.7. The van der Waals surface area contributed by atoms with Crippen molar-refractivity contribution < 1.29 is 14.3 Å². The molecule has 5 nitrogen and oxygen atoms in total. The van der Waals surface area contributed by atoms with Crippen LogP contribution >= 0.6 is 0 Å². The van der Waals surface area contributed by atoms with Gasteiger partial charge in [-0.1, -0.05) is 0 Å². The van der Waals surface area contributed by atoms with Gasteiger partial charge >= 0.3 is 0 Å². The summed E-state index contributed by atoms with van der Waals surface area (Å²) in [6, 6.07) is 0.100. The average Bonchev–Trinajstić information content (AvgIpc) is 2.83. The number of nitrogens with one attached hydrogen (secondary N) is 1. The number of hydrogen-bond acceptors (Lipinski definition) is 4. The van der Waals surface area contributed by atoms with Crippen molar-refractivity contribution in [2.45, 2.75) is 19.4 Å². The number of ether oxygens (including phenoxy) is 2. The summed E-state index contributed by atoms with van der Waals surface area (Å²) in [7, 11) is 3.31. The predicted molar refractivity (Wildman–Crippen MR) is 65.9 cm³/mol. The third-order valence-corrected chi connectivity index (χ3v) is 3.17. The molecule has 0 bridgehead atoms. The molecule has 1 rings (SSSR count). The fraction of sp³-hybridized carbons (Fsp3) is 0.917. The maximum absolute atomic E-state index is 12.3. The van der Waals surface area contributed by atoms with Crippen molar-refractivity contribution >= 4 is 5.91 Å². The summed E-state index contributed by atoms with van der Waals surface area (Å²) in [6.07, 6.45) is 0.933. The van der Waals surface area contributed by atoms with Gasteiger partial charge in [0.05, 0.1) is 25.2 Å². The van der Waals surface area contributed by atoms with Crippen molar-refractivity contribution in [2.24, 2.45) is 5.92 Å². The topological polar surface area (TPSA) is 50.8 Å². The molecule has 0 aromatic rings. The molecule has 100 valence electrons. The lowest BCUT2D eigenvalue weighted by Crippen LogP contribution is -2.46. The number of nitrogens with zero attached hydrogens (tertiary/aromatic N) is 1. The van der Waals surface area contributed by atoms with Gasteiger partial charge in [0.15, 0.2) is 0 Å². The van der Waals surface area contributed by atoms with Crippen molar-refractivity contribution in [1.82, 2.24) is 10.2 Å². The van der Waals surface area contributed by atoms with Crippen LogP contribution in [0.4, 0.5) is 0 Å². The Hall–Kier alpha value is -0.650. The van der Waals surface area contributed by atoms with Gasteiger partial charge in [0.1, 0.15) is 0 Å². The molecular weight excluding hydrogens is 220 g/mol. The van der Waals surface area contributed by atoms with Gasteiger partial charge in [-0.25, -0.2) is 0 Å². The molecule has 5 heteroatoms. The third kappa shape index (κ3) is 4.26. The SMILES string of the molecule is COCCN(C(=O)C1CCNC1)C(C)COC. The standard InChI is InChI=1S/C12H24N2O3/c1-10(9-17-3)14(6-7-16-2)12(15)11-4-5-13-8-11/h10-11,13H,4-9H2,1-3H3. The molecule has 1 fully saturated rings. The van der Waals surface area contributed by atoms with Crippen LogP contribution in [0.25, 0.3) is 0 Å². The van der Waals surface area contributed by atoms with E-state index in [1.54, 1.807) is 14.2 Å². The Kier molecular flexibility index (Phi) is 6.47. The van der Waals surface area contributed by atoms with Crippen LogP contribution < -0.4 is 5.32 Å². The van der Waals surface area contributed by atoms with E-state index >= 15 is 0 Å². The van der Waals surface area contributed by atoms with Crippen molar-refractivity contribution in [3.63, 3.8) is 0 Å². The van der Waals surface area contributed by atoms with Crippen molar-refractivity contribution in [3.8, 4) is 0 Å². The van der Waals surface area contributed by atoms with Gasteiger partial charge < -0.3 is 19.7 Å². The predicted octanol–water partition coefficient (Wildman–Crippen LogP) is 0.106. The van der Waals surface area contributed by atoms with E-state index in [-0.39, 0.29) is 17.9 Å². The molecule has 2 atom stereocenters. The van der Waals surface area contributed by atoms with Gasteiger partial charge in [0.2, 0.25) is 5.91 Å². The molecule has 0 saturated carbocycles. The Morgan fingerprint density at radius 2 is 2.24 bits per heavy atom. The van der Waals surface area contributed by atoms with Gasteiger partial charge in [0.25, 0.3) is 0 Å². The number of methoxy groups -OCH3 is 2. The van der Waals surface area contributed by atoms with Gasteiger partial charge in [-0.2, -0.15) is 0 Å². The first-order valence-electron chi connectivity index (χ1n) is 6.19. The first kappa shape index (κ1) is 14.4. The molecule has 2 unspecified atom stereocenters. The number of carbonyl (C=O) groups excluding carboxylic acids is 1. The smallest absolute Gasteiger partial charge is 0.227 e. The Bertz CT molecular complexity index is 230. The average molecular weight is 244 g/mol. The second-order valence-electron chi connectivity index (χ2n) is 4.52. The van der Waals surface area contributed by atoms with Crippen LogP contribution in [0.15, 0.2) is 0 Å². The van der Waals surface area contributed by atoms with E-state index in [4.69, 9.17) is 9.47 Å². The maximum atomic E-state index is 12.3. The second kappa shape index (κ2) is 7.63. The highest BCUT2D eigenvalue weighted by molar-refractivity contribution is 5.79. The van der Waals surface area contributed by atoms with E-state index < -0.39 is 0 Å². The monoisotopic (exact) mass is 244 g/mol. The molecule has 0 aliphatic carbocycles. The van der Waals surface area contributed by atoms with Crippen molar-refractivity contribution in [3.05, 3.63) is 0 Å². The van der Waals surface area contributed by atoms with E-state index in [1.165, 1.54) is 0 Å². The molecule has 17 heavy (non-hydrogen) atoms. The minimum atomic E-state index is 0.100. The minimum Gasteiger partial charge on any atom is -0.383 e. The minimum absolute atomic E-state index is 0.100. The molecule has 1 saturated heterocycles. The summed E-state index contributed by atoms with van der Waals surface area (Å²) in [5, 5.41) is 3.23. The quantitative estimate of drug-likeness (QED) is 0.690. The first-order valence-corrected chi connectivity index (χ1v) is 6.19. The van der Waals surface area contributed by atoms with Gasteiger partial charge in [-0.05, 0) is 19.9 Å². The van der Waals surface area contributed by atoms with Crippen LogP contribution in [0.2, 0.25) is 0 Å². The molecule has 0 aromatic carbocycles. The third-order valence-electron chi connectivity index (χ3n) is 3.17. The van der Waals surface area contributed by atoms with Crippen LogP contribution in [0.5, 0.6) is 0 Å². The number of hydrogen-bond donors (Lipinski definition) is 1. The van der Waals surface area contributed by atoms with Gasteiger partial charge in [-0.3, -0.25) is 4.79 Å². The number of amides is 1. The van der Waals surface area contributed by atoms with E-state index in [0.717, 1.165) is 19.5 Å². The van der Waals surface area contributed by atoms with Gasteiger partial charge in [-0.15, -0.1) is 0 Å². The molecule has 1 aliphatic heterocycles. The second-order valence-corrected chi connectivity index (χ2v) is 4.52. The Morgan fingerprint density at radius 3 is 2.76 bits per heavy atom. The molecule has 1 aliphatic rings. The highest BCUT2D eigenvalue weighted by Crippen LogP contribution is 2.14. The molecule has 0 radical (unpaired) electrons. The van der Waals surface area contributed by atoms with E-state index in [9.17, 15) is 4.79 Å². The maximum Gasteiger partial charge on any atom is 0.227 e. The van der Waals surface area contributed by atoms with Crippen LogP contribution in [-0.2, 0) is 14.3 Å². The number of rotatable bonds is 7. The lowest BCUT2D eigenvalue weighted by Gasteiger charge is -2.30. The summed E-state index contributed by atoms with van der Waals surface area (Å²) in [6.45, 7) is 5.51. The van der Waals surface area contributed by atoms with Crippen LogP contribution in [0, 0.1) is 5.92 Å². The summed E-state index contributed by atoms with van der Waals surface area (Å²) in [5.74, 6) is 0.336. The van der Waals surface area contributed by atoms with Crippen LogP contribution in [-0.4, -0.2) is 63.9 Å². The molecule has 1 amide bonds. The normalized spacial score (nSPS) is 21.5. The van der Waals surface area contributed by atoms with Crippen molar-refractivity contribution in [2.75, 3.05) is 47.1 Å². The number of carbonyl (C=O) groups is 1. The molecule has 0 spiro atoms. The van der Waals surface area contributed by atoms with E-state index in [1.807, 2.05) is 11.8 Å². The fourth-order valence-electron chi connectivity index (χ4n) is 2.17. The molecule has 1 heterocycles. The van der Waals surface area contributed by atoms with Crippen LogP contribution in [0.3, 0.4) is 0 Å². The molecule has 0 aromatic heterocycles. The highest BCUT2D eigenvalue weighted by atomic mass is 16.5. The summed E-state index contributed by atoms with van der Waals surface area (Å²) >= 11 is 0. The van der Waals surface area contributed by atoms with Gasteiger partial charge in [0, 0.05) is 27.3 Å². The molecule has 1 N–H and O–H groups in total. The molecular formula is C12H24N2O3. The van der Waals surface area contributed by atoms with Crippen LogP contribution in [0.1, 0.15) is 13.3 Å². The Labute approximate surface area is 103 Å². The summed E-state index contributed by atoms with van der Waals surface area (Å²) in [4.78, 5) is 14.2. The summed E-state index contributed by atoms with van der Waals surface area (Å²) < 4.78 is 10.2. The summed E-state index contributed by atoms with van der Waals surface area (Å²) in [5.41, 5.74) is 0. The fourth-order valence-corrected chi connectivity index (χ4v) is 2.17. The first-order chi connectivity index (χ1) is 8.20. The Balaban J connectivity index is 2.56. The lowest BCUT2D eigenvalue weighted by molar-refractivity contribution is -0.138. The zero-order valence-corrected chi connectivity index (χ0v) is 11.1. The van der Waals surface area contributed by atoms with E-state index in [0.29, 0.717) is 19.8 Å². The lowest BCUT2D eigenvalue weighted by atomic mass is 10.1. The van der Waals surface area contributed by atoms with E-state index in [2.05, 4.69) is 5.32 Å². The highest BCUT2D eigenvalue weighted by Gasteiger charge is 2.29. The van der Waals surface area contributed by atoms with Crippen molar-refractivity contribution in [1.29, 1.82) is 0 Å². The Morgan fingerprint density at radius 1 is 1.47 bits per heavy atom.